The van der Waals surface area contributed by atoms with Crippen molar-refractivity contribution < 1.29 is 27.5 Å². The maximum atomic E-state index is 13.0. The fourth-order valence-electron chi connectivity index (χ4n) is 3.18. The number of allylic oxidation sites excluding steroid dienone is 1. The molecule has 0 bridgehead atoms. The Labute approximate surface area is 221 Å². The van der Waals surface area contributed by atoms with Crippen molar-refractivity contribution in [1.29, 1.82) is 0 Å². The van der Waals surface area contributed by atoms with Gasteiger partial charge in [0.25, 0.3) is 5.91 Å². The van der Waals surface area contributed by atoms with Crippen LogP contribution in [-0.2, 0) is 37.0 Å². The summed E-state index contributed by atoms with van der Waals surface area (Å²) in [6, 6.07) is 7.14. The van der Waals surface area contributed by atoms with Crippen molar-refractivity contribution in [1.82, 2.24) is 9.88 Å². The maximum Gasteiger partial charge on any atom is 0.321 e. The van der Waals surface area contributed by atoms with Crippen molar-refractivity contribution in [3.8, 4) is 0 Å². The zero-order chi connectivity index (χ0) is 27.0. The van der Waals surface area contributed by atoms with Crippen LogP contribution in [0.5, 0.6) is 0 Å². The summed E-state index contributed by atoms with van der Waals surface area (Å²) in [5, 5.41) is 3.17. The Morgan fingerprint density at radius 3 is 2.42 bits per heavy atom. The highest BCUT2D eigenvalue weighted by Crippen LogP contribution is 2.27. The second-order valence-corrected chi connectivity index (χ2v) is 10.6. The minimum absolute atomic E-state index is 0.0238. The molecule has 1 amide bonds. The predicted molar refractivity (Wildman–Crippen MR) is 140 cm³/mol. The Morgan fingerprint density at radius 1 is 1.22 bits per heavy atom. The maximum absolute atomic E-state index is 13.0. The van der Waals surface area contributed by atoms with Gasteiger partial charge in [-0.3, -0.25) is 9.59 Å². The van der Waals surface area contributed by atoms with Gasteiger partial charge < -0.3 is 19.4 Å². The molecule has 0 aliphatic carbocycles. The number of sulfone groups is 1. The van der Waals surface area contributed by atoms with E-state index in [0.717, 1.165) is 0 Å². The third-order valence-electron chi connectivity index (χ3n) is 5.27. The zero-order valence-corrected chi connectivity index (χ0v) is 22.8. The first kappa shape index (κ1) is 29.6. The first-order chi connectivity index (χ1) is 16.9. The first-order valence-electron chi connectivity index (χ1n) is 10.8. The molecule has 0 fully saturated rings. The lowest BCUT2D eigenvalue weighted by atomic mass is 10.1. The van der Waals surface area contributed by atoms with Gasteiger partial charge in [-0.25, -0.2) is 13.4 Å². The molecule has 196 valence electrons. The number of nitrogens with zero attached hydrogens (tertiary/aromatic N) is 2. The minimum atomic E-state index is -3.88. The topological polar surface area (TPSA) is 116 Å². The molecule has 1 heterocycles. The highest BCUT2D eigenvalue weighted by Gasteiger charge is 2.22. The van der Waals surface area contributed by atoms with E-state index in [-0.39, 0.29) is 34.9 Å². The summed E-state index contributed by atoms with van der Waals surface area (Å²) in [6.45, 7) is 7.27. The number of alkyl halides is 1. The number of aromatic nitrogens is 1. The highest BCUT2D eigenvalue weighted by atomic mass is 35.5. The largest absolute Gasteiger partial charge is 0.462 e. The number of halogens is 2. The second-order valence-electron chi connectivity index (χ2n) is 7.91. The van der Waals surface area contributed by atoms with Crippen LogP contribution in [0, 0.1) is 0 Å². The lowest BCUT2D eigenvalue weighted by Crippen LogP contribution is -2.28. The summed E-state index contributed by atoms with van der Waals surface area (Å²) in [5.74, 6) is -1.36. The van der Waals surface area contributed by atoms with Gasteiger partial charge >= 0.3 is 5.97 Å². The van der Waals surface area contributed by atoms with Crippen LogP contribution in [0.1, 0.15) is 41.5 Å². The van der Waals surface area contributed by atoms with Gasteiger partial charge in [-0.05, 0) is 37.6 Å². The summed E-state index contributed by atoms with van der Waals surface area (Å²) < 4.78 is 36.2. The number of hydrogen-bond acceptors (Lipinski definition) is 7. The normalized spacial score (nSPS) is 12.8. The summed E-state index contributed by atoms with van der Waals surface area (Å²) in [5.41, 5.74) is 2.17. The van der Waals surface area contributed by atoms with E-state index in [1.165, 1.54) is 19.2 Å². The molecule has 0 aliphatic rings. The molecule has 12 heteroatoms. The number of benzene rings is 1. The number of amides is 1. The fraction of sp³-hybridized carbons (Fsp3) is 0.375. The summed E-state index contributed by atoms with van der Waals surface area (Å²) in [6.07, 6.45) is 0. The van der Waals surface area contributed by atoms with Crippen molar-refractivity contribution >= 4 is 56.4 Å². The lowest BCUT2D eigenvalue weighted by Gasteiger charge is -2.15. The van der Waals surface area contributed by atoms with Gasteiger partial charge in [0.1, 0.15) is 18.1 Å². The molecule has 0 radical (unpaired) electrons. The van der Waals surface area contributed by atoms with Gasteiger partial charge in [0, 0.05) is 19.7 Å². The van der Waals surface area contributed by atoms with Crippen LogP contribution >= 0.6 is 23.2 Å². The van der Waals surface area contributed by atoms with E-state index in [1.54, 1.807) is 43.7 Å². The Balaban J connectivity index is 2.14. The Bertz CT molecular complexity index is 1250. The molecular weight excluding hydrogens is 529 g/mol. The van der Waals surface area contributed by atoms with Crippen LogP contribution in [0.4, 0.5) is 5.82 Å². The molecule has 1 aromatic carbocycles. The van der Waals surface area contributed by atoms with Crippen molar-refractivity contribution in [2.75, 3.05) is 26.1 Å². The summed E-state index contributed by atoms with van der Waals surface area (Å²) in [7, 11) is -0.741. The number of carbonyl (C=O) groups is 2. The van der Waals surface area contributed by atoms with Crippen LogP contribution in [-0.4, -0.2) is 56.6 Å². The molecular formula is C24H29Cl2N3O6S. The second kappa shape index (κ2) is 13.0. The predicted octanol–water partition coefficient (Wildman–Crippen LogP) is 4.06. The SMILES string of the molecule is C=C(Cl)/C(C)=N\c1c(CCl)cc(C(=O)N[C@H](C)c2ccc(S(=O)(=O)CC(=O)OCCOC)cc2)n1C. The van der Waals surface area contributed by atoms with E-state index in [4.69, 9.17) is 32.7 Å². The monoisotopic (exact) mass is 557 g/mol. The third-order valence-corrected chi connectivity index (χ3v) is 7.43. The van der Waals surface area contributed by atoms with Crippen LogP contribution in [0.2, 0.25) is 0 Å². The number of methoxy groups -OCH3 is 1. The molecule has 0 aliphatic heterocycles. The number of ether oxygens (including phenoxy) is 2. The van der Waals surface area contributed by atoms with Gasteiger partial charge in [0.15, 0.2) is 15.6 Å². The number of nitrogens with one attached hydrogen (secondary N) is 1. The van der Waals surface area contributed by atoms with E-state index in [2.05, 4.69) is 16.9 Å². The Kier molecular flexibility index (Phi) is 10.7. The molecule has 1 atom stereocenters. The van der Waals surface area contributed by atoms with E-state index < -0.39 is 27.6 Å². The van der Waals surface area contributed by atoms with Crippen LogP contribution < -0.4 is 5.32 Å². The van der Waals surface area contributed by atoms with Crippen molar-refractivity contribution in [3.63, 3.8) is 0 Å². The molecule has 0 saturated carbocycles. The highest BCUT2D eigenvalue weighted by molar-refractivity contribution is 7.92. The summed E-state index contributed by atoms with van der Waals surface area (Å²) >= 11 is 12.0. The molecule has 2 aromatic rings. The van der Waals surface area contributed by atoms with E-state index in [1.807, 2.05) is 0 Å². The van der Waals surface area contributed by atoms with E-state index in [0.29, 0.717) is 28.4 Å². The first-order valence-corrected chi connectivity index (χ1v) is 13.4. The number of carbonyl (C=O) groups excluding carboxylic acids is 2. The fourth-order valence-corrected chi connectivity index (χ4v) is 4.53. The zero-order valence-electron chi connectivity index (χ0n) is 20.5. The minimum Gasteiger partial charge on any atom is -0.462 e. The molecule has 0 saturated heterocycles. The van der Waals surface area contributed by atoms with Crippen molar-refractivity contribution in [2.24, 2.45) is 12.0 Å². The standard InChI is InChI=1S/C24H29Cl2N3O6S/c1-15(26)16(2)27-23-19(13-25)12-21(29(23)4)24(31)28-17(3)18-6-8-20(9-7-18)36(32,33)14-22(30)35-11-10-34-5/h6-9,12,17H,1,10-11,13-14H2,2-5H3,(H,28,31)/b27-16-/t17-/m1/s1. The van der Waals surface area contributed by atoms with Crippen molar-refractivity contribution in [2.45, 2.75) is 30.7 Å². The van der Waals surface area contributed by atoms with Gasteiger partial charge in [-0.15, -0.1) is 11.6 Å². The van der Waals surface area contributed by atoms with Gasteiger partial charge in [-0.2, -0.15) is 0 Å². The Morgan fingerprint density at radius 2 is 1.86 bits per heavy atom. The average Bonchev–Trinajstić information content (AvgIpc) is 3.14. The van der Waals surface area contributed by atoms with Crippen LogP contribution in [0.3, 0.4) is 0 Å². The molecule has 0 unspecified atom stereocenters. The molecule has 9 nitrogen and oxygen atoms in total. The van der Waals surface area contributed by atoms with E-state index >= 15 is 0 Å². The smallest absolute Gasteiger partial charge is 0.321 e. The van der Waals surface area contributed by atoms with E-state index in [9.17, 15) is 18.0 Å². The number of esters is 1. The average molecular weight is 558 g/mol. The third kappa shape index (κ3) is 7.67. The molecule has 1 aromatic heterocycles. The number of rotatable bonds is 12. The molecule has 2 rings (SSSR count). The van der Waals surface area contributed by atoms with Gasteiger partial charge in [0.2, 0.25) is 0 Å². The van der Waals surface area contributed by atoms with Gasteiger partial charge in [-0.1, -0.05) is 30.3 Å². The number of aliphatic imine (C=N–C) groups is 1. The van der Waals surface area contributed by atoms with Crippen LogP contribution in [0.15, 0.2) is 51.8 Å². The molecule has 1 N–H and O–H groups in total. The van der Waals surface area contributed by atoms with Crippen molar-refractivity contribution in [3.05, 3.63) is 58.8 Å². The Hall–Kier alpha value is -2.66. The molecule has 0 spiro atoms. The number of hydrogen-bond donors (Lipinski definition) is 1. The van der Waals surface area contributed by atoms with Crippen LogP contribution in [0.25, 0.3) is 0 Å². The summed E-state index contributed by atoms with van der Waals surface area (Å²) in [4.78, 5) is 29.2. The lowest BCUT2D eigenvalue weighted by molar-refractivity contribution is -0.141. The quantitative estimate of drug-likeness (QED) is 0.182. The van der Waals surface area contributed by atoms with Gasteiger partial charge in [0.05, 0.1) is 34.2 Å². The molecule has 36 heavy (non-hydrogen) atoms.